The Bertz CT molecular complexity index is 738. The van der Waals surface area contributed by atoms with Crippen molar-refractivity contribution in [2.45, 2.75) is 13.5 Å². The Morgan fingerprint density at radius 1 is 1.19 bits per heavy atom. The first-order valence-corrected chi connectivity index (χ1v) is 6.72. The molecule has 3 rings (SSSR count). The molecule has 0 radical (unpaired) electrons. The highest BCUT2D eigenvalue weighted by Crippen LogP contribution is 2.23. The van der Waals surface area contributed by atoms with Crippen molar-refractivity contribution in [2.75, 3.05) is 5.32 Å². The van der Waals surface area contributed by atoms with Crippen LogP contribution in [-0.4, -0.2) is 20.1 Å². The van der Waals surface area contributed by atoms with Crippen molar-refractivity contribution in [1.82, 2.24) is 15.0 Å². The summed E-state index contributed by atoms with van der Waals surface area (Å²) in [4.78, 5) is 0. The van der Waals surface area contributed by atoms with Crippen LogP contribution >= 0.6 is 0 Å². The fourth-order valence-electron chi connectivity index (χ4n) is 2.21. The third-order valence-electron chi connectivity index (χ3n) is 3.28. The summed E-state index contributed by atoms with van der Waals surface area (Å²) in [5.41, 5.74) is 3.84. The van der Waals surface area contributed by atoms with Gasteiger partial charge in [0.1, 0.15) is 5.75 Å². The van der Waals surface area contributed by atoms with Gasteiger partial charge in [-0.25, -0.2) is 4.68 Å². The van der Waals surface area contributed by atoms with Gasteiger partial charge in [0, 0.05) is 12.1 Å². The number of phenolic OH excluding ortho intramolecular Hbond substituents is 1. The van der Waals surface area contributed by atoms with Gasteiger partial charge in [-0.1, -0.05) is 35.0 Å². The van der Waals surface area contributed by atoms with Gasteiger partial charge in [-0.05, 0) is 25.1 Å². The van der Waals surface area contributed by atoms with Crippen molar-refractivity contribution in [3.05, 3.63) is 66.0 Å². The molecule has 2 N–H and O–H groups in total. The lowest BCUT2D eigenvalue weighted by atomic mass is 10.1. The van der Waals surface area contributed by atoms with E-state index in [9.17, 15) is 5.11 Å². The molecule has 0 bridgehead atoms. The van der Waals surface area contributed by atoms with Crippen LogP contribution in [0.4, 0.5) is 5.69 Å². The highest BCUT2D eigenvalue weighted by atomic mass is 16.3. The summed E-state index contributed by atoms with van der Waals surface area (Å²) in [5.74, 6) is 0.298. The molecule has 0 saturated carbocycles. The number of aryl methyl sites for hydroxylation is 1. The fraction of sp³-hybridized carbons (Fsp3) is 0.125. The summed E-state index contributed by atoms with van der Waals surface area (Å²) in [5, 5.41) is 21.1. The average Bonchev–Trinajstić information content (AvgIpc) is 3.03. The third-order valence-corrected chi connectivity index (χ3v) is 3.28. The van der Waals surface area contributed by atoms with E-state index in [1.54, 1.807) is 23.1 Å². The molecule has 0 unspecified atom stereocenters. The molecule has 5 nitrogen and oxygen atoms in total. The maximum atomic E-state index is 9.90. The van der Waals surface area contributed by atoms with Crippen LogP contribution in [-0.2, 0) is 6.54 Å². The standard InChI is InChI=1S/C16H16N4O/c1-12-6-7-16(21)13(10-12)11-17-14-4-2-3-5-15(14)20-9-8-18-19-20/h2-10,17,21H,11H2,1H3. The van der Waals surface area contributed by atoms with Crippen molar-refractivity contribution in [3.8, 4) is 11.4 Å². The van der Waals surface area contributed by atoms with Crippen molar-refractivity contribution in [1.29, 1.82) is 0 Å². The van der Waals surface area contributed by atoms with Crippen LogP contribution in [0.5, 0.6) is 5.75 Å². The SMILES string of the molecule is Cc1ccc(O)c(CNc2ccccc2-n2ccnn2)c1. The number of nitrogens with zero attached hydrogens (tertiary/aromatic N) is 3. The summed E-state index contributed by atoms with van der Waals surface area (Å²) >= 11 is 0. The van der Waals surface area contributed by atoms with Gasteiger partial charge in [0.15, 0.2) is 0 Å². The Balaban J connectivity index is 1.84. The van der Waals surface area contributed by atoms with Crippen LogP contribution < -0.4 is 5.32 Å². The predicted octanol–water partition coefficient (Wildman–Crippen LogP) is 2.89. The van der Waals surface area contributed by atoms with E-state index in [1.807, 2.05) is 43.3 Å². The summed E-state index contributed by atoms with van der Waals surface area (Å²) in [6, 6.07) is 13.4. The van der Waals surface area contributed by atoms with Gasteiger partial charge in [-0.2, -0.15) is 0 Å². The minimum absolute atomic E-state index is 0.298. The van der Waals surface area contributed by atoms with Gasteiger partial charge < -0.3 is 10.4 Å². The number of anilines is 1. The molecule has 106 valence electrons. The molecule has 0 aliphatic rings. The van der Waals surface area contributed by atoms with E-state index >= 15 is 0 Å². The van der Waals surface area contributed by atoms with E-state index < -0.39 is 0 Å². The molecule has 21 heavy (non-hydrogen) atoms. The second kappa shape index (κ2) is 5.66. The number of rotatable bonds is 4. The zero-order valence-electron chi connectivity index (χ0n) is 11.7. The number of aromatic hydroxyl groups is 1. The number of benzene rings is 2. The van der Waals surface area contributed by atoms with Crippen LogP contribution in [0.25, 0.3) is 5.69 Å². The van der Waals surface area contributed by atoms with E-state index in [4.69, 9.17) is 0 Å². The number of phenols is 1. The third kappa shape index (κ3) is 2.86. The lowest BCUT2D eigenvalue weighted by Gasteiger charge is -2.12. The van der Waals surface area contributed by atoms with Gasteiger partial charge in [0.05, 0.1) is 23.8 Å². The van der Waals surface area contributed by atoms with Crippen LogP contribution in [0, 0.1) is 6.92 Å². The van der Waals surface area contributed by atoms with Gasteiger partial charge in [-0.3, -0.25) is 0 Å². The molecule has 1 heterocycles. The van der Waals surface area contributed by atoms with Gasteiger partial charge in [0.2, 0.25) is 0 Å². The minimum Gasteiger partial charge on any atom is -0.508 e. The predicted molar refractivity (Wildman–Crippen MR) is 81.5 cm³/mol. The molecular weight excluding hydrogens is 264 g/mol. The number of aromatic nitrogens is 3. The molecule has 0 saturated heterocycles. The molecule has 0 amide bonds. The van der Waals surface area contributed by atoms with Gasteiger partial charge in [-0.15, -0.1) is 5.10 Å². The lowest BCUT2D eigenvalue weighted by Crippen LogP contribution is -2.05. The van der Waals surface area contributed by atoms with E-state index in [2.05, 4.69) is 15.6 Å². The molecule has 0 atom stereocenters. The van der Waals surface area contributed by atoms with Crippen LogP contribution in [0.1, 0.15) is 11.1 Å². The largest absolute Gasteiger partial charge is 0.508 e. The number of hydrogen-bond acceptors (Lipinski definition) is 4. The Hall–Kier alpha value is -2.82. The second-order valence-corrected chi connectivity index (χ2v) is 4.85. The van der Waals surface area contributed by atoms with Crippen molar-refractivity contribution < 1.29 is 5.11 Å². The molecule has 0 aliphatic carbocycles. The van der Waals surface area contributed by atoms with E-state index in [0.717, 1.165) is 22.5 Å². The Kier molecular flexibility index (Phi) is 3.55. The summed E-state index contributed by atoms with van der Waals surface area (Å²) in [7, 11) is 0. The Morgan fingerprint density at radius 2 is 2.05 bits per heavy atom. The number of para-hydroxylation sites is 2. The van der Waals surface area contributed by atoms with Crippen molar-refractivity contribution in [2.24, 2.45) is 0 Å². The highest BCUT2D eigenvalue weighted by molar-refractivity contribution is 5.60. The fourth-order valence-corrected chi connectivity index (χ4v) is 2.21. The second-order valence-electron chi connectivity index (χ2n) is 4.85. The number of nitrogens with one attached hydrogen (secondary N) is 1. The maximum absolute atomic E-state index is 9.90. The maximum Gasteiger partial charge on any atom is 0.120 e. The zero-order valence-corrected chi connectivity index (χ0v) is 11.7. The lowest BCUT2D eigenvalue weighted by molar-refractivity contribution is 0.469. The molecule has 0 fully saturated rings. The number of hydrogen-bond donors (Lipinski definition) is 2. The van der Waals surface area contributed by atoms with Gasteiger partial charge >= 0.3 is 0 Å². The van der Waals surface area contributed by atoms with Crippen LogP contribution in [0.15, 0.2) is 54.9 Å². The first-order valence-electron chi connectivity index (χ1n) is 6.72. The van der Waals surface area contributed by atoms with Crippen LogP contribution in [0.2, 0.25) is 0 Å². The molecule has 2 aromatic carbocycles. The molecule has 5 heteroatoms. The van der Waals surface area contributed by atoms with Crippen molar-refractivity contribution >= 4 is 5.69 Å². The Labute approximate surface area is 122 Å². The molecular formula is C16H16N4O. The monoisotopic (exact) mass is 280 g/mol. The molecule has 1 aromatic heterocycles. The highest BCUT2D eigenvalue weighted by Gasteiger charge is 2.06. The summed E-state index contributed by atoms with van der Waals surface area (Å²) < 4.78 is 1.71. The molecule has 0 aliphatic heterocycles. The zero-order chi connectivity index (χ0) is 14.7. The summed E-state index contributed by atoms with van der Waals surface area (Å²) in [6.45, 7) is 2.55. The van der Waals surface area contributed by atoms with Crippen molar-refractivity contribution in [3.63, 3.8) is 0 Å². The first-order chi connectivity index (χ1) is 10.2. The molecule has 3 aromatic rings. The first kappa shape index (κ1) is 13.2. The summed E-state index contributed by atoms with van der Waals surface area (Å²) in [6.07, 6.45) is 3.44. The minimum atomic E-state index is 0.298. The smallest absolute Gasteiger partial charge is 0.120 e. The normalized spacial score (nSPS) is 10.5. The van der Waals surface area contributed by atoms with E-state index in [1.165, 1.54) is 0 Å². The molecule has 0 spiro atoms. The van der Waals surface area contributed by atoms with Crippen LogP contribution in [0.3, 0.4) is 0 Å². The van der Waals surface area contributed by atoms with E-state index in [-0.39, 0.29) is 0 Å². The van der Waals surface area contributed by atoms with Gasteiger partial charge in [0.25, 0.3) is 0 Å². The Morgan fingerprint density at radius 3 is 2.86 bits per heavy atom. The quantitative estimate of drug-likeness (QED) is 0.771. The topological polar surface area (TPSA) is 63.0 Å². The average molecular weight is 280 g/mol. The van der Waals surface area contributed by atoms with E-state index in [0.29, 0.717) is 12.3 Å².